The van der Waals surface area contributed by atoms with Crippen molar-refractivity contribution in [3.63, 3.8) is 0 Å². The summed E-state index contributed by atoms with van der Waals surface area (Å²) in [5.41, 5.74) is 1.49. The van der Waals surface area contributed by atoms with Crippen molar-refractivity contribution >= 4 is 15.9 Å². The number of benzene rings is 2. The minimum absolute atomic E-state index is 0.181. The van der Waals surface area contributed by atoms with E-state index in [1.807, 2.05) is 6.92 Å². The van der Waals surface area contributed by atoms with Gasteiger partial charge in [0.2, 0.25) is 0 Å². The minimum Gasteiger partial charge on any atom is -0.489 e. The topological polar surface area (TPSA) is 21.3 Å². The summed E-state index contributed by atoms with van der Waals surface area (Å²) in [6, 6.07) is 9.10. The lowest BCUT2D eigenvalue weighted by Crippen LogP contribution is -2.12. The molecule has 0 saturated heterocycles. The zero-order chi connectivity index (χ0) is 15.2. The first kappa shape index (κ1) is 15.9. The van der Waals surface area contributed by atoms with Crippen LogP contribution in [-0.4, -0.2) is 6.54 Å². The monoisotopic (exact) mass is 355 g/mol. The number of ether oxygens (including phenoxy) is 1. The fourth-order valence-corrected chi connectivity index (χ4v) is 2.45. The predicted octanol–water partition coefficient (Wildman–Crippen LogP) is 4.42. The number of hydrogen-bond acceptors (Lipinski definition) is 2. The van der Waals surface area contributed by atoms with E-state index < -0.39 is 0 Å². The van der Waals surface area contributed by atoms with Gasteiger partial charge in [0.1, 0.15) is 24.0 Å². The molecule has 5 heteroatoms. The van der Waals surface area contributed by atoms with Crippen molar-refractivity contribution in [3.05, 3.63) is 63.6 Å². The van der Waals surface area contributed by atoms with Crippen molar-refractivity contribution in [2.45, 2.75) is 20.1 Å². The van der Waals surface area contributed by atoms with E-state index in [0.717, 1.165) is 12.1 Å². The van der Waals surface area contributed by atoms with Gasteiger partial charge in [-0.25, -0.2) is 8.78 Å². The maximum atomic E-state index is 13.5. The molecule has 0 heterocycles. The maximum Gasteiger partial charge on any atom is 0.127 e. The van der Waals surface area contributed by atoms with Crippen molar-refractivity contribution < 1.29 is 13.5 Å². The zero-order valence-electron chi connectivity index (χ0n) is 11.6. The molecule has 0 spiro atoms. The van der Waals surface area contributed by atoms with Gasteiger partial charge in [-0.2, -0.15) is 0 Å². The Morgan fingerprint density at radius 1 is 1.00 bits per heavy atom. The second-order valence-corrected chi connectivity index (χ2v) is 5.56. The van der Waals surface area contributed by atoms with Crippen LogP contribution in [-0.2, 0) is 13.2 Å². The van der Waals surface area contributed by atoms with Crippen LogP contribution in [0.25, 0.3) is 0 Å². The average Bonchev–Trinajstić information content (AvgIpc) is 2.41. The highest BCUT2D eigenvalue weighted by Crippen LogP contribution is 2.20. The Balaban J connectivity index is 2.06. The summed E-state index contributed by atoms with van der Waals surface area (Å²) in [6.45, 7) is 3.55. The highest BCUT2D eigenvalue weighted by Gasteiger charge is 2.04. The van der Waals surface area contributed by atoms with Crippen LogP contribution in [0.5, 0.6) is 5.75 Å². The third-order valence-corrected chi connectivity index (χ3v) is 3.30. The Kier molecular flexibility index (Phi) is 5.70. The summed E-state index contributed by atoms with van der Waals surface area (Å²) >= 11 is 3.23. The molecule has 0 radical (unpaired) electrons. The maximum absolute atomic E-state index is 13.5. The first-order chi connectivity index (χ1) is 10.1. The zero-order valence-corrected chi connectivity index (χ0v) is 13.2. The van der Waals surface area contributed by atoms with Crippen LogP contribution >= 0.6 is 15.9 Å². The van der Waals surface area contributed by atoms with Crippen molar-refractivity contribution in [2.24, 2.45) is 0 Å². The van der Waals surface area contributed by atoms with Gasteiger partial charge in [-0.15, -0.1) is 0 Å². The van der Waals surface area contributed by atoms with Crippen molar-refractivity contribution in [1.29, 1.82) is 0 Å². The van der Waals surface area contributed by atoms with Gasteiger partial charge in [0.25, 0.3) is 0 Å². The van der Waals surface area contributed by atoms with Crippen molar-refractivity contribution in [1.82, 2.24) is 5.32 Å². The van der Waals surface area contributed by atoms with Gasteiger partial charge >= 0.3 is 0 Å². The molecule has 0 aliphatic heterocycles. The first-order valence-corrected chi connectivity index (χ1v) is 7.44. The number of rotatable bonds is 6. The second-order valence-electron chi connectivity index (χ2n) is 4.64. The summed E-state index contributed by atoms with van der Waals surface area (Å²) in [7, 11) is 0. The third kappa shape index (κ3) is 5.10. The molecule has 0 unspecified atom stereocenters. The first-order valence-electron chi connectivity index (χ1n) is 6.65. The summed E-state index contributed by atoms with van der Waals surface area (Å²) in [6.07, 6.45) is 0. The molecule has 1 N–H and O–H groups in total. The van der Waals surface area contributed by atoms with Crippen molar-refractivity contribution in [2.75, 3.05) is 6.54 Å². The smallest absolute Gasteiger partial charge is 0.127 e. The molecular weight excluding hydrogens is 340 g/mol. The molecule has 2 aromatic rings. The lowest BCUT2D eigenvalue weighted by Gasteiger charge is -2.10. The molecule has 0 atom stereocenters. The van der Waals surface area contributed by atoms with E-state index in [-0.39, 0.29) is 18.2 Å². The lowest BCUT2D eigenvalue weighted by molar-refractivity contribution is 0.303. The predicted molar refractivity (Wildman–Crippen MR) is 82.2 cm³/mol. The molecule has 0 fully saturated rings. The Morgan fingerprint density at radius 2 is 1.71 bits per heavy atom. The molecule has 21 heavy (non-hydrogen) atoms. The number of halogens is 3. The number of nitrogens with one attached hydrogen (secondary N) is 1. The van der Waals surface area contributed by atoms with E-state index in [9.17, 15) is 8.78 Å². The molecule has 2 aromatic carbocycles. The Bertz CT molecular complexity index is 599. The van der Waals surface area contributed by atoms with Crippen molar-refractivity contribution in [3.8, 4) is 5.75 Å². The Labute approximate surface area is 131 Å². The second kappa shape index (κ2) is 7.52. The van der Waals surface area contributed by atoms with Gasteiger partial charge in [0, 0.05) is 17.1 Å². The third-order valence-electron chi connectivity index (χ3n) is 2.84. The van der Waals surface area contributed by atoms with Gasteiger partial charge in [-0.1, -0.05) is 22.9 Å². The highest BCUT2D eigenvalue weighted by atomic mass is 79.9. The quantitative estimate of drug-likeness (QED) is 0.828. The Hall–Kier alpha value is -1.46. The largest absolute Gasteiger partial charge is 0.489 e. The SMILES string of the molecule is CCNCc1cc(F)cc(OCc2cc(F)cc(Br)c2)c1. The van der Waals surface area contributed by atoms with Crippen LogP contribution in [0.3, 0.4) is 0 Å². The van der Waals surface area contributed by atoms with Crippen LogP contribution in [0.15, 0.2) is 40.9 Å². The summed E-state index contributed by atoms with van der Waals surface area (Å²) in [5.74, 6) is -0.251. The van der Waals surface area contributed by atoms with Crippen LogP contribution in [0, 0.1) is 11.6 Å². The molecule has 0 amide bonds. The summed E-state index contributed by atoms with van der Waals surface area (Å²) in [5, 5.41) is 3.13. The molecule has 0 aliphatic rings. The van der Waals surface area contributed by atoms with Crippen LogP contribution in [0.1, 0.15) is 18.1 Å². The molecule has 2 nitrogen and oxygen atoms in total. The van der Waals surface area contributed by atoms with Gasteiger partial charge < -0.3 is 10.1 Å². The van der Waals surface area contributed by atoms with Gasteiger partial charge in [-0.3, -0.25) is 0 Å². The van der Waals surface area contributed by atoms with E-state index >= 15 is 0 Å². The molecule has 0 saturated carbocycles. The molecular formula is C16H16BrF2NO. The van der Waals surface area contributed by atoms with E-state index in [2.05, 4.69) is 21.2 Å². The lowest BCUT2D eigenvalue weighted by atomic mass is 10.2. The highest BCUT2D eigenvalue weighted by molar-refractivity contribution is 9.10. The molecule has 0 bridgehead atoms. The normalized spacial score (nSPS) is 10.7. The molecule has 0 aromatic heterocycles. The standard InChI is InChI=1S/C16H16BrF2NO/c1-2-20-9-11-4-15(19)8-16(6-11)21-10-12-3-13(17)7-14(18)5-12/h3-8,20H,2,9-10H2,1H3. The minimum atomic E-state index is -0.346. The average molecular weight is 356 g/mol. The Morgan fingerprint density at radius 3 is 2.43 bits per heavy atom. The fourth-order valence-electron chi connectivity index (χ4n) is 1.94. The van der Waals surface area contributed by atoms with E-state index in [4.69, 9.17) is 4.74 Å². The summed E-state index contributed by atoms with van der Waals surface area (Å²) < 4.78 is 33.0. The van der Waals surface area contributed by atoms with Crippen LogP contribution in [0.4, 0.5) is 8.78 Å². The molecule has 2 rings (SSSR count). The summed E-state index contributed by atoms with van der Waals surface area (Å²) in [4.78, 5) is 0. The van der Waals surface area contributed by atoms with Gasteiger partial charge in [-0.05, 0) is 48.0 Å². The van der Waals surface area contributed by atoms with E-state index in [1.54, 1.807) is 12.1 Å². The molecule has 0 aliphatic carbocycles. The molecule has 112 valence electrons. The van der Waals surface area contributed by atoms with Gasteiger partial charge in [0.15, 0.2) is 0 Å². The van der Waals surface area contributed by atoms with Crippen LogP contribution in [0.2, 0.25) is 0 Å². The van der Waals surface area contributed by atoms with E-state index in [1.165, 1.54) is 24.3 Å². The van der Waals surface area contributed by atoms with Gasteiger partial charge in [0.05, 0.1) is 0 Å². The fraction of sp³-hybridized carbons (Fsp3) is 0.250. The van der Waals surface area contributed by atoms with Crippen LogP contribution < -0.4 is 10.1 Å². The van der Waals surface area contributed by atoms with E-state index in [0.29, 0.717) is 22.3 Å². The number of hydrogen-bond donors (Lipinski definition) is 1.